The van der Waals surface area contributed by atoms with Crippen molar-refractivity contribution in [2.24, 2.45) is 0 Å². The van der Waals surface area contributed by atoms with Gasteiger partial charge in [-0.3, -0.25) is 5.10 Å². The summed E-state index contributed by atoms with van der Waals surface area (Å²) in [6, 6.07) is 0. The third kappa shape index (κ3) is 1.24. The van der Waals surface area contributed by atoms with Crippen molar-refractivity contribution in [3.8, 4) is 0 Å². The van der Waals surface area contributed by atoms with Crippen LogP contribution in [0.3, 0.4) is 0 Å². The van der Waals surface area contributed by atoms with Crippen molar-refractivity contribution in [3.63, 3.8) is 0 Å². The first-order valence-corrected chi connectivity index (χ1v) is 3.79. The second-order valence-corrected chi connectivity index (χ2v) is 2.69. The van der Waals surface area contributed by atoms with Crippen LogP contribution in [-0.4, -0.2) is 10.2 Å². The summed E-state index contributed by atoms with van der Waals surface area (Å²) in [5.74, 6) is 0.527. The Morgan fingerprint density at radius 2 is 2.45 bits per heavy atom. The zero-order valence-electron chi connectivity index (χ0n) is 6.20. The zero-order valence-corrected chi connectivity index (χ0v) is 6.20. The summed E-state index contributed by atoms with van der Waals surface area (Å²) in [7, 11) is 0. The van der Waals surface area contributed by atoms with Gasteiger partial charge in [-0.05, 0) is 12.0 Å². The minimum Gasteiger partial charge on any atom is -0.285 e. The van der Waals surface area contributed by atoms with Crippen LogP contribution in [-0.2, 0) is 0 Å². The summed E-state index contributed by atoms with van der Waals surface area (Å²) < 4.78 is 0. The molecule has 1 aromatic rings. The van der Waals surface area contributed by atoms with Crippen LogP contribution < -0.4 is 0 Å². The third-order valence-corrected chi connectivity index (χ3v) is 1.93. The number of rotatable bonds is 1. The molecule has 1 unspecified atom stereocenters. The molecule has 0 spiro atoms. The fraction of sp³-hybridized carbons (Fsp3) is 0.222. The Morgan fingerprint density at radius 3 is 3.09 bits per heavy atom. The van der Waals surface area contributed by atoms with E-state index in [2.05, 4.69) is 34.5 Å². The summed E-state index contributed by atoms with van der Waals surface area (Å²) in [6.45, 7) is 0. The SMILES string of the molecule is C1=CCC(c2cn[nH]c2)C=C1. The van der Waals surface area contributed by atoms with Crippen LogP contribution >= 0.6 is 0 Å². The van der Waals surface area contributed by atoms with Gasteiger partial charge in [0.1, 0.15) is 0 Å². The lowest BCUT2D eigenvalue weighted by molar-refractivity contribution is 0.855. The molecule has 1 heterocycles. The average Bonchev–Trinajstić information content (AvgIpc) is 2.58. The van der Waals surface area contributed by atoms with Gasteiger partial charge < -0.3 is 0 Å². The topological polar surface area (TPSA) is 28.7 Å². The molecule has 0 fully saturated rings. The van der Waals surface area contributed by atoms with Gasteiger partial charge in [0.25, 0.3) is 0 Å². The number of allylic oxidation sites excluding steroid dienone is 4. The number of hydrogen-bond acceptors (Lipinski definition) is 1. The summed E-state index contributed by atoms with van der Waals surface area (Å²) >= 11 is 0. The fourth-order valence-electron chi connectivity index (χ4n) is 1.29. The number of nitrogens with one attached hydrogen (secondary N) is 1. The minimum atomic E-state index is 0.527. The lowest BCUT2D eigenvalue weighted by Gasteiger charge is -2.09. The second kappa shape index (κ2) is 2.74. The van der Waals surface area contributed by atoms with Crippen molar-refractivity contribution in [1.29, 1.82) is 0 Å². The minimum absolute atomic E-state index is 0.527. The van der Waals surface area contributed by atoms with Gasteiger partial charge in [0.2, 0.25) is 0 Å². The Kier molecular flexibility index (Phi) is 1.60. The molecule has 2 rings (SSSR count). The van der Waals surface area contributed by atoms with E-state index in [4.69, 9.17) is 0 Å². The van der Waals surface area contributed by atoms with Crippen molar-refractivity contribution < 1.29 is 0 Å². The third-order valence-electron chi connectivity index (χ3n) is 1.93. The number of aromatic amines is 1. The Hall–Kier alpha value is -1.31. The normalized spacial score (nSPS) is 22.4. The van der Waals surface area contributed by atoms with Crippen LogP contribution in [0.4, 0.5) is 0 Å². The smallest absolute Gasteiger partial charge is 0.0525 e. The van der Waals surface area contributed by atoms with Crippen LogP contribution in [0, 0.1) is 0 Å². The quantitative estimate of drug-likeness (QED) is 0.645. The molecular formula is C9H10N2. The van der Waals surface area contributed by atoms with E-state index in [0.29, 0.717) is 5.92 Å². The van der Waals surface area contributed by atoms with E-state index in [1.807, 2.05) is 12.4 Å². The lowest BCUT2D eigenvalue weighted by atomic mass is 9.95. The summed E-state index contributed by atoms with van der Waals surface area (Å²) in [4.78, 5) is 0. The Bertz CT molecular complexity index is 270. The van der Waals surface area contributed by atoms with Gasteiger partial charge in [0.05, 0.1) is 6.20 Å². The van der Waals surface area contributed by atoms with E-state index >= 15 is 0 Å². The molecule has 1 aliphatic carbocycles. The van der Waals surface area contributed by atoms with E-state index in [1.165, 1.54) is 5.56 Å². The number of nitrogens with zero attached hydrogens (tertiary/aromatic N) is 1. The van der Waals surface area contributed by atoms with E-state index in [1.54, 1.807) is 0 Å². The molecule has 1 aliphatic rings. The molecule has 1 atom stereocenters. The maximum Gasteiger partial charge on any atom is 0.0525 e. The molecule has 0 aliphatic heterocycles. The molecule has 0 aromatic carbocycles. The number of H-pyrrole nitrogens is 1. The predicted octanol–water partition coefficient (Wildman–Crippen LogP) is 2.01. The molecule has 0 radical (unpaired) electrons. The first kappa shape index (κ1) is 6.40. The van der Waals surface area contributed by atoms with Crippen LogP contribution in [0.25, 0.3) is 0 Å². The van der Waals surface area contributed by atoms with Gasteiger partial charge in [-0.2, -0.15) is 5.10 Å². The van der Waals surface area contributed by atoms with E-state index in [9.17, 15) is 0 Å². The maximum absolute atomic E-state index is 3.91. The maximum atomic E-state index is 3.91. The molecular weight excluding hydrogens is 136 g/mol. The van der Waals surface area contributed by atoms with E-state index in [-0.39, 0.29) is 0 Å². The van der Waals surface area contributed by atoms with Crippen LogP contribution in [0.1, 0.15) is 17.9 Å². The van der Waals surface area contributed by atoms with Crippen molar-refractivity contribution >= 4 is 0 Å². The molecule has 0 saturated carbocycles. The van der Waals surface area contributed by atoms with Gasteiger partial charge in [0, 0.05) is 12.1 Å². The number of aromatic nitrogens is 2. The fourth-order valence-corrected chi connectivity index (χ4v) is 1.29. The van der Waals surface area contributed by atoms with E-state index in [0.717, 1.165) is 6.42 Å². The van der Waals surface area contributed by atoms with Gasteiger partial charge in [-0.1, -0.05) is 24.3 Å². The highest BCUT2D eigenvalue weighted by Gasteiger charge is 2.07. The monoisotopic (exact) mass is 146 g/mol. The highest BCUT2D eigenvalue weighted by molar-refractivity contribution is 5.24. The van der Waals surface area contributed by atoms with Crippen LogP contribution in [0.15, 0.2) is 36.7 Å². The molecule has 0 saturated heterocycles. The Labute approximate surface area is 65.6 Å². The highest BCUT2D eigenvalue weighted by atomic mass is 15.1. The van der Waals surface area contributed by atoms with Crippen molar-refractivity contribution in [1.82, 2.24) is 10.2 Å². The molecule has 11 heavy (non-hydrogen) atoms. The van der Waals surface area contributed by atoms with Crippen molar-refractivity contribution in [3.05, 3.63) is 42.3 Å². The molecule has 56 valence electrons. The van der Waals surface area contributed by atoms with Gasteiger partial charge >= 0.3 is 0 Å². The zero-order chi connectivity index (χ0) is 7.52. The number of hydrogen-bond donors (Lipinski definition) is 1. The first-order chi connectivity index (χ1) is 5.47. The molecule has 1 N–H and O–H groups in total. The predicted molar refractivity (Wildman–Crippen MR) is 44.2 cm³/mol. The lowest BCUT2D eigenvalue weighted by Crippen LogP contribution is -1.93. The summed E-state index contributed by atoms with van der Waals surface area (Å²) in [5.41, 5.74) is 1.27. The van der Waals surface area contributed by atoms with Crippen LogP contribution in [0.5, 0.6) is 0 Å². The van der Waals surface area contributed by atoms with Gasteiger partial charge in [-0.25, -0.2) is 0 Å². The second-order valence-electron chi connectivity index (χ2n) is 2.69. The van der Waals surface area contributed by atoms with Crippen molar-refractivity contribution in [2.75, 3.05) is 0 Å². The molecule has 0 bridgehead atoms. The van der Waals surface area contributed by atoms with Gasteiger partial charge in [-0.15, -0.1) is 0 Å². The summed E-state index contributed by atoms with van der Waals surface area (Å²) in [5, 5.41) is 6.73. The molecule has 2 nitrogen and oxygen atoms in total. The molecule has 0 amide bonds. The summed E-state index contributed by atoms with van der Waals surface area (Å²) in [6.07, 6.45) is 13.5. The molecule has 1 aromatic heterocycles. The van der Waals surface area contributed by atoms with Crippen LogP contribution in [0.2, 0.25) is 0 Å². The van der Waals surface area contributed by atoms with Crippen molar-refractivity contribution in [2.45, 2.75) is 12.3 Å². The van der Waals surface area contributed by atoms with E-state index < -0.39 is 0 Å². The highest BCUT2D eigenvalue weighted by Crippen LogP contribution is 2.22. The molecule has 2 heteroatoms. The Morgan fingerprint density at radius 1 is 1.45 bits per heavy atom. The van der Waals surface area contributed by atoms with Gasteiger partial charge in [0.15, 0.2) is 0 Å². The Balaban J connectivity index is 2.19. The first-order valence-electron chi connectivity index (χ1n) is 3.79. The largest absolute Gasteiger partial charge is 0.285 e. The standard InChI is InChI=1S/C9H10N2/c1-2-4-8(5-3-1)9-6-10-11-7-9/h1-4,6-8H,5H2,(H,10,11). The average molecular weight is 146 g/mol.